The Morgan fingerprint density at radius 2 is 1.88 bits per heavy atom. The first-order valence-corrected chi connectivity index (χ1v) is 5.69. The summed E-state index contributed by atoms with van der Waals surface area (Å²) in [5.74, 6) is 0.0713. The highest BCUT2D eigenvalue weighted by Gasteiger charge is 2.08. The van der Waals surface area contributed by atoms with E-state index in [1.807, 2.05) is 12.1 Å². The number of Topliss-reactive ketones (excluding diaryl/α,β-unsaturated/α-hetero) is 1. The predicted molar refractivity (Wildman–Crippen MR) is 70.5 cm³/mol. The first-order valence-electron chi connectivity index (χ1n) is 5.69. The molecule has 1 N–H and O–H groups in total. The lowest BCUT2D eigenvalue weighted by Gasteiger charge is -2.02. The molecular weight excluding hydrogens is 210 g/mol. The summed E-state index contributed by atoms with van der Waals surface area (Å²) < 4.78 is 0. The molecule has 0 fully saturated rings. The van der Waals surface area contributed by atoms with E-state index in [-0.39, 0.29) is 5.78 Å². The number of nitrogens with one attached hydrogen (secondary N) is 1. The van der Waals surface area contributed by atoms with Crippen LogP contribution in [0, 0.1) is 6.92 Å². The van der Waals surface area contributed by atoms with Crippen molar-refractivity contribution in [2.75, 3.05) is 0 Å². The van der Waals surface area contributed by atoms with Crippen LogP contribution in [0.3, 0.4) is 0 Å². The van der Waals surface area contributed by atoms with Gasteiger partial charge in [-0.3, -0.25) is 4.79 Å². The number of hydrogen-bond donors (Lipinski definition) is 1. The quantitative estimate of drug-likeness (QED) is 0.625. The van der Waals surface area contributed by atoms with Crippen LogP contribution < -0.4 is 0 Å². The van der Waals surface area contributed by atoms with E-state index in [0.717, 1.165) is 10.9 Å². The fraction of sp³-hybridized carbons (Fsp3) is 0.133. The number of benzene rings is 2. The zero-order valence-corrected chi connectivity index (χ0v) is 9.87. The lowest BCUT2D eigenvalue weighted by atomic mass is 10.0. The van der Waals surface area contributed by atoms with Crippen LogP contribution in [-0.2, 0) is 0 Å². The van der Waals surface area contributed by atoms with Crippen molar-refractivity contribution >= 4 is 27.5 Å². The van der Waals surface area contributed by atoms with Crippen LogP contribution in [0.1, 0.15) is 23.0 Å². The number of rotatable bonds is 1. The van der Waals surface area contributed by atoms with Crippen molar-refractivity contribution in [3.8, 4) is 0 Å². The predicted octanol–water partition coefficient (Wildman–Crippen LogP) is 3.83. The molecule has 2 nitrogen and oxygen atoms in total. The third-order valence-electron chi connectivity index (χ3n) is 3.26. The third kappa shape index (κ3) is 1.45. The van der Waals surface area contributed by atoms with Crippen molar-refractivity contribution in [2.24, 2.45) is 0 Å². The Bertz CT molecular complexity index is 737. The summed E-state index contributed by atoms with van der Waals surface area (Å²) in [5.41, 5.74) is 2.96. The fourth-order valence-corrected chi connectivity index (χ4v) is 2.32. The Hall–Kier alpha value is -2.09. The lowest BCUT2D eigenvalue weighted by molar-refractivity contribution is 0.101. The normalized spacial score (nSPS) is 11.2. The fourth-order valence-electron chi connectivity index (χ4n) is 2.32. The summed E-state index contributed by atoms with van der Waals surface area (Å²) >= 11 is 0. The van der Waals surface area contributed by atoms with Crippen molar-refractivity contribution in [3.05, 3.63) is 47.7 Å². The largest absolute Gasteiger partial charge is 0.352 e. The van der Waals surface area contributed by atoms with Gasteiger partial charge in [0.15, 0.2) is 5.78 Å². The molecule has 0 unspecified atom stereocenters. The second-order valence-corrected chi connectivity index (χ2v) is 4.44. The highest BCUT2D eigenvalue weighted by molar-refractivity contribution is 6.10. The first-order chi connectivity index (χ1) is 8.16. The summed E-state index contributed by atoms with van der Waals surface area (Å²) in [6.07, 6.45) is 0. The number of carbonyl (C=O) groups excluding carboxylic acids is 1. The van der Waals surface area contributed by atoms with Crippen LogP contribution in [-0.4, -0.2) is 10.8 Å². The van der Waals surface area contributed by atoms with Gasteiger partial charge in [0.2, 0.25) is 0 Å². The lowest BCUT2D eigenvalue weighted by Crippen LogP contribution is -1.89. The molecule has 0 saturated heterocycles. The minimum atomic E-state index is 0.0713. The second-order valence-electron chi connectivity index (χ2n) is 4.44. The number of fused-ring (bicyclic) bond motifs is 3. The van der Waals surface area contributed by atoms with Gasteiger partial charge in [0.25, 0.3) is 0 Å². The van der Waals surface area contributed by atoms with Crippen LogP contribution in [0.25, 0.3) is 21.7 Å². The van der Waals surface area contributed by atoms with E-state index in [1.165, 1.54) is 16.3 Å². The van der Waals surface area contributed by atoms with Crippen LogP contribution >= 0.6 is 0 Å². The van der Waals surface area contributed by atoms with Gasteiger partial charge < -0.3 is 4.98 Å². The number of carbonyl (C=O) groups is 1. The van der Waals surface area contributed by atoms with Crippen LogP contribution in [0.4, 0.5) is 0 Å². The Kier molecular flexibility index (Phi) is 2.05. The minimum absolute atomic E-state index is 0.0713. The van der Waals surface area contributed by atoms with E-state index in [9.17, 15) is 4.79 Å². The maximum atomic E-state index is 11.4. The van der Waals surface area contributed by atoms with Crippen LogP contribution in [0.15, 0.2) is 36.4 Å². The molecule has 0 bridgehead atoms. The third-order valence-corrected chi connectivity index (χ3v) is 3.26. The molecule has 0 aliphatic heterocycles. The SMILES string of the molecule is CC(=O)c1cc2c(ccc3c(C)cccc32)[nH]1. The number of H-pyrrole nitrogens is 1. The average Bonchev–Trinajstić information content (AvgIpc) is 2.73. The molecular formula is C15H13NO. The van der Waals surface area contributed by atoms with Crippen LogP contribution in [0.2, 0.25) is 0 Å². The van der Waals surface area contributed by atoms with Gasteiger partial charge in [0, 0.05) is 17.8 Å². The molecule has 0 aliphatic carbocycles. The molecule has 1 aromatic heterocycles. The van der Waals surface area contributed by atoms with Crippen molar-refractivity contribution in [3.63, 3.8) is 0 Å². The minimum Gasteiger partial charge on any atom is -0.352 e. The van der Waals surface area contributed by atoms with Crippen molar-refractivity contribution in [1.29, 1.82) is 0 Å². The van der Waals surface area contributed by atoms with E-state index >= 15 is 0 Å². The highest BCUT2D eigenvalue weighted by Crippen LogP contribution is 2.27. The summed E-state index contributed by atoms with van der Waals surface area (Å²) in [4.78, 5) is 14.5. The van der Waals surface area contributed by atoms with E-state index in [2.05, 4.69) is 36.2 Å². The highest BCUT2D eigenvalue weighted by atomic mass is 16.1. The average molecular weight is 223 g/mol. The molecule has 3 aromatic rings. The summed E-state index contributed by atoms with van der Waals surface area (Å²) in [5, 5.41) is 3.57. The molecule has 1 heterocycles. The molecule has 3 rings (SSSR count). The van der Waals surface area contributed by atoms with Gasteiger partial charge >= 0.3 is 0 Å². The van der Waals surface area contributed by atoms with E-state index in [1.54, 1.807) is 6.92 Å². The van der Waals surface area contributed by atoms with Crippen LogP contribution in [0.5, 0.6) is 0 Å². The van der Waals surface area contributed by atoms with Gasteiger partial charge in [-0.25, -0.2) is 0 Å². The number of aromatic nitrogens is 1. The standard InChI is InChI=1S/C15H13NO/c1-9-4-3-5-12-11(9)6-7-14-13(12)8-15(16-14)10(2)17/h3-8,16H,1-2H3. The maximum absolute atomic E-state index is 11.4. The molecule has 17 heavy (non-hydrogen) atoms. The topological polar surface area (TPSA) is 32.9 Å². The summed E-state index contributed by atoms with van der Waals surface area (Å²) in [7, 11) is 0. The zero-order chi connectivity index (χ0) is 12.0. The molecule has 0 spiro atoms. The molecule has 2 heteroatoms. The molecule has 0 saturated carbocycles. The monoisotopic (exact) mass is 223 g/mol. The second kappa shape index (κ2) is 3.45. The van der Waals surface area contributed by atoms with Gasteiger partial charge in [-0.2, -0.15) is 0 Å². The summed E-state index contributed by atoms with van der Waals surface area (Å²) in [6, 6.07) is 12.3. The van der Waals surface area contributed by atoms with Gasteiger partial charge in [-0.05, 0) is 35.4 Å². The van der Waals surface area contributed by atoms with E-state index in [4.69, 9.17) is 0 Å². The van der Waals surface area contributed by atoms with E-state index in [0.29, 0.717) is 5.69 Å². The molecule has 0 radical (unpaired) electrons. The number of hydrogen-bond acceptors (Lipinski definition) is 1. The van der Waals surface area contributed by atoms with Crippen molar-refractivity contribution < 1.29 is 4.79 Å². The molecule has 0 amide bonds. The Morgan fingerprint density at radius 1 is 1.06 bits per heavy atom. The molecule has 84 valence electrons. The Balaban J connectivity index is 2.47. The Morgan fingerprint density at radius 3 is 2.65 bits per heavy atom. The molecule has 2 aromatic carbocycles. The number of aromatic amines is 1. The smallest absolute Gasteiger partial charge is 0.175 e. The van der Waals surface area contributed by atoms with Gasteiger partial charge in [0.05, 0.1) is 5.69 Å². The summed E-state index contributed by atoms with van der Waals surface area (Å²) in [6.45, 7) is 3.69. The first kappa shape index (κ1) is 10.1. The van der Waals surface area contributed by atoms with E-state index < -0.39 is 0 Å². The van der Waals surface area contributed by atoms with Crippen molar-refractivity contribution in [1.82, 2.24) is 4.98 Å². The molecule has 0 atom stereocenters. The number of ketones is 1. The van der Waals surface area contributed by atoms with Crippen molar-refractivity contribution in [2.45, 2.75) is 13.8 Å². The molecule has 0 aliphatic rings. The number of aryl methyl sites for hydroxylation is 1. The Labute approximate surface area is 99.3 Å². The zero-order valence-electron chi connectivity index (χ0n) is 9.87. The van der Waals surface area contributed by atoms with Gasteiger partial charge in [-0.15, -0.1) is 0 Å². The maximum Gasteiger partial charge on any atom is 0.175 e. The van der Waals surface area contributed by atoms with Gasteiger partial charge in [0.1, 0.15) is 0 Å². The van der Waals surface area contributed by atoms with Gasteiger partial charge in [-0.1, -0.05) is 24.3 Å².